The lowest BCUT2D eigenvalue weighted by molar-refractivity contribution is -0.884. The van der Waals surface area contributed by atoms with Crippen molar-refractivity contribution < 1.29 is 14.1 Å². The van der Waals surface area contributed by atoms with Crippen LogP contribution in [0.25, 0.3) is 0 Å². The van der Waals surface area contributed by atoms with Gasteiger partial charge in [0.05, 0.1) is 15.7 Å². The molecule has 3 nitrogen and oxygen atoms in total. The van der Waals surface area contributed by atoms with E-state index in [1.165, 1.54) is 17.0 Å². The smallest absolute Gasteiger partial charge is 0.279 e. The van der Waals surface area contributed by atoms with Crippen LogP contribution >= 0.6 is 27.3 Å². The number of amides is 1. The fraction of sp³-hybridized carbons (Fsp3) is 0.214. The van der Waals surface area contributed by atoms with Gasteiger partial charge in [-0.1, -0.05) is 6.07 Å². The summed E-state index contributed by atoms with van der Waals surface area (Å²) in [7, 11) is 1.96. The van der Waals surface area contributed by atoms with Crippen LogP contribution in [0.15, 0.2) is 40.2 Å². The second kappa shape index (κ2) is 6.97. The molecule has 0 saturated carbocycles. The van der Waals surface area contributed by atoms with Gasteiger partial charge in [0, 0.05) is 5.69 Å². The molecule has 1 heterocycles. The zero-order chi connectivity index (χ0) is 14.5. The van der Waals surface area contributed by atoms with E-state index in [0.29, 0.717) is 12.2 Å². The van der Waals surface area contributed by atoms with Crippen LogP contribution < -0.4 is 10.2 Å². The number of thiophene rings is 1. The average Bonchev–Trinajstić information content (AvgIpc) is 2.74. The molecule has 1 atom stereocenters. The van der Waals surface area contributed by atoms with Gasteiger partial charge in [-0.25, -0.2) is 4.39 Å². The van der Waals surface area contributed by atoms with Crippen molar-refractivity contribution in [2.75, 3.05) is 18.9 Å². The Hall–Kier alpha value is -1.24. The fourth-order valence-corrected chi connectivity index (χ4v) is 3.45. The number of benzene rings is 1. The van der Waals surface area contributed by atoms with Crippen LogP contribution in [0, 0.1) is 5.82 Å². The summed E-state index contributed by atoms with van der Waals surface area (Å²) < 4.78 is 14.1. The molecule has 0 radical (unpaired) electrons. The Morgan fingerprint density at radius 1 is 1.40 bits per heavy atom. The van der Waals surface area contributed by atoms with Crippen LogP contribution in [0.1, 0.15) is 4.88 Å². The van der Waals surface area contributed by atoms with Gasteiger partial charge in [-0.3, -0.25) is 4.79 Å². The molecule has 0 saturated heterocycles. The highest BCUT2D eigenvalue weighted by Crippen LogP contribution is 2.21. The average molecular weight is 358 g/mol. The Bertz CT molecular complexity index is 602. The summed E-state index contributed by atoms with van der Waals surface area (Å²) in [6, 6.07) is 9.95. The molecule has 0 aliphatic rings. The number of nitrogens with one attached hydrogen (secondary N) is 2. The highest BCUT2D eigenvalue weighted by molar-refractivity contribution is 9.11. The van der Waals surface area contributed by atoms with E-state index in [0.717, 1.165) is 15.2 Å². The van der Waals surface area contributed by atoms with Crippen LogP contribution in [-0.2, 0) is 11.3 Å². The number of carbonyl (C=O) groups is 1. The molecule has 106 valence electrons. The monoisotopic (exact) mass is 357 g/mol. The van der Waals surface area contributed by atoms with Gasteiger partial charge >= 0.3 is 0 Å². The zero-order valence-electron chi connectivity index (χ0n) is 11.0. The number of anilines is 1. The van der Waals surface area contributed by atoms with E-state index in [-0.39, 0.29) is 11.7 Å². The van der Waals surface area contributed by atoms with Gasteiger partial charge in [-0.15, -0.1) is 11.3 Å². The second-order valence-electron chi connectivity index (χ2n) is 4.58. The maximum atomic E-state index is 13.0. The van der Waals surface area contributed by atoms with Crippen LogP contribution in [-0.4, -0.2) is 19.5 Å². The summed E-state index contributed by atoms with van der Waals surface area (Å²) in [5, 5.41) is 2.70. The first-order valence-electron chi connectivity index (χ1n) is 6.14. The van der Waals surface area contributed by atoms with E-state index in [1.54, 1.807) is 23.5 Å². The lowest BCUT2D eigenvalue weighted by atomic mass is 10.3. The van der Waals surface area contributed by atoms with E-state index >= 15 is 0 Å². The molecular formula is C14H15BrFN2OS+. The highest BCUT2D eigenvalue weighted by atomic mass is 79.9. The van der Waals surface area contributed by atoms with Crippen molar-refractivity contribution in [3.8, 4) is 0 Å². The lowest BCUT2D eigenvalue weighted by Crippen LogP contribution is -3.08. The number of hydrogen-bond acceptors (Lipinski definition) is 2. The number of hydrogen-bond donors (Lipinski definition) is 2. The van der Waals surface area contributed by atoms with Crippen LogP contribution in [0.4, 0.5) is 10.1 Å². The van der Waals surface area contributed by atoms with Gasteiger partial charge in [0.15, 0.2) is 6.54 Å². The maximum absolute atomic E-state index is 13.0. The first-order valence-corrected chi connectivity index (χ1v) is 7.75. The summed E-state index contributed by atoms with van der Waals surface area (Å²) in [4.78, 5) is 14.2. The minimum absolute atomic E-state index is 0.122. The summed E-state index contributed by atoms with van der Waals surface area (Å²) in [6.45, 7) is 1.12. The predicted octanol–water partition coefficient (Wildman–Crippen LogP) is 2.30. The van der Waals surface area contributed by atoms with Crippen molar-refractivity contribution in [2.24, 2.45) is 0 Å². The third-order valence-corrected chi connectivity index (χ3v) is 4.30. The van der Waals surface area contributed by atoms with Crippen molar-refractivity contribution in [2.45, 2.75) is 6.54 Å². The van der Waals surface area contributed by atoms with E-state index in [4.69, 9.17) is 0 Å². The molecule has 2 rings (SSSR count). The van der Waals surface area contributed by atoms with E-state index < -0.39 is 0 Å². The molecule has 0 aliphatic heterocycles. The minimum Gasteiger partial charge on any atom is -0.325 e. The Kier molecular flexibility index (Phi) is 5.28. The Morgan fingerprint density at radius 3 is 2.85 bits per heavy atom. The van der Waals surface area contributed by atoms with Crippen molar-refractivity contribution in [3.05, 3.63) is 50.9 Å². The molecule has 2 aromatic rings. The topological polar surface area (TPSA) is 33.5 Å². The second-order valence-corrected chi connectivity index (χ2v) is 7.12. The van der Waals surface area contributed by atoms with Crippen molar-refractivity contribution in [1.82, 2.24) is 0 Å². The number of carbonyl (C=O) groups excluding carboxylic acids is 1. The molecule has 1 aromatic carbocycles. The maximum Gasteiger partial charge on any atom is 0.279 e. The predicted molar refractivity (Wildman–Crippen MR) is 82.5 cm³/mol. The molecule has 0 spiro atoms. The van der Waals surface area contributed by atoms with Crippen molar-refractivity contribution >= 4 is 38.9 Å². The third kappa shape index (κ3) is 4.70. The van der Waals surface area contributed by atoms with Crippen molar-refractivity contribution in [3.63, 3.8) is 0 Å². The molecule has 2 N–H and O–H groups in total. The Morgan fingerprint density at radius 2 is 2.20 bits per heavy atom. The summed E-state index contributed by atoms with van der Waals surface area (Å²) in [5.41, 5.74) is 0.488. The lowest BCUT2D eigenvalue weighted by Gasteiger charge is -2.12. The van der Waals surface area contributed by atoms with Crippen LogP contribution in [0.3, 0.4) is 0 Å². The fourth-order valence-electron chi connectivity index (χ4n) is 1.85. The van der Waals surface area contributed by atoms with E-state index in [1.807, 2.05) is 19.2 Å². The van der Waals surface area contributed by atoms with Crippen LogP contribution in [0.5, 0.6) is 0 Å². The molecule has 0 bridgehead atoms. The molecule has 1 amide bonds. The van der Waals surface area contributed by atoms with Gasteiger partial charge < -0.3 is 10.2 Å². The summed E-state index contributed by atoms with van der Waals surface area (Å²) >= 11 is 5.08. The number of halogens is 2. The molecule has 0 fully saturated rings. The van der Waals surface area contributed by atoms with E-state index in [9.17, 15) is 9.18 Å². The Labute approximate surface area is 129 Å². The first-order chi connectivity index (χ1) is 9.52. The summed E-state index contributed by atoms with van der Waals surface area (Å²) in [5.74, 6) is -0.476. The number of likely N-dealkylation sites (N-methyl/N-ethyl adjacent to an activating group) is 1. The third-order valence-electron chi connectivity index (χ3n) is 2.68. The number of rotatable bonds is 5. The van der Waals surface area contributed by atoms with Crippen LogP contribution in [0.2, 0.25) is 0 Å². The molecule has 20 heavy (non-hydrogen) atoms. The molecule has 1 unspecified atom stereocenters. The minimum atomic E-state index is -0.355. The standard InChI is InChI=1S/C14H14BrFN2OS/c1-18(8-12-5-6-13(15)20-12)9-14(19)17-11-4-2-3-10(16)7-11/h2-7H,8-9H2,1H3,(H,17,19)/p+1. The van der Waals surface area contributed by atoms with Gasteiger partial charge in [-0.2, -0.15) is 0 Å². The molecule has 0 aliphatic carbocycles. The van der Waals surface area contributed by atoms with Gasteiger partial charge in [-0.05, 0) is 46.3 Å². The number of quaternary nitrogens is 1. The summed E-state index contributed by atoms with van der Waals surface area (Å²) in [6.07, 6.45) is 0. The molecule has 1 aromatic heterocycles. The Balaban J connectivity index is 1.84. The van der Waals surface area contributed by atoms with Gasteiger partial charge in [0.25, 0.3) is 5.91 Å². The van der Waals surface area contributed by atoms with Crippen molar-refractivity contribution in [1.29, 1.82) is 0 Å². The highest BCUT2D eigenvalue weighted by Gasteiger charge is 2.12. The largest absolute Gasteiger partial charge is 0.325 e. The van der Waals surface area contributed by atoms with Gasteiger partial charge in [0.1, 0.15) is 12.4 Å². The first kappa shape index (κ1) is 15.2. The molecule has 6 heteroatoms. The SMILES string of the molecule is C[NH+](CC(=O)Nc1cccc(F)c1)Cc1ccc(Br)s1. The van der Waals surface area contributed by atoms with E-state index in [2.05, 4.69) is 21.2 Å². The zero-order valence-corrected chi connectivity index (χ0v) is 13.4. The normalized spacial score (nSPS) is 12.2. The quantitative estimate of drug-likeness (QED) is 0.845. The molecular weight excluding hydrogens is 343 g/mol. The van der Waals surface area contributed by atoms with Gasteiger partial charge in [0.2, 0.25) is 0 Å².